The molecular formula is C13H20N2O2. The molecule has 0 bridgehead atoms. The molecule has 4 heteroatoms. The highest BCUT2D eigenvalue weighted by Gasteiger charge is 2.04. The number of hydrogen-bond acceptors (Lipinski definition) is 3. The van der Waals surface area contributed by atoms with E-state index in [-0.39, 0.29) is 11.9 Å². The first-order valence-corrected chi connectivity index (χ1v) is 5.75. The van der Waals surface area contributed by atoms with Crippen molar-refractivity contribution in [3.8, 4) is 5.75 Å². The minimum atomic E-state index is 0.00361. The second kappa shape index (κ2) is 6.91. The van der Waals surface area contributed by atoms with E-state index in [0.29, 0.717) is 6.54 Å². The molecule has 17 heavy (non-hydrogen) atoms. The van der Waals surface area contributed by atoms with Crippen molar-refractivity contribution >= 4 is 5.91 Å². The third kappa shape index (κ3) is 4.87. The van der Waals surface area contributed by atoms with Crippen LogP contribution >= 0.6 is 0 Å². The molecule has 0 saturated heterocycles. The zero-order valence-corrected chi connectivity index (χ0v) is 10.6. The summed E-state index contributed by atoms with van der Waals surface area (Å²) >= 11 is 0. The molecule has 0 radical (unpaired) electrons. The van der Waals surface area contributed by atoms with E-state index in [2.05, 4.69) is 17.6 Å². The second-order valence-corrected chi connectivity index (χ2v) is 3.93. The van der Waals surface area contributed by atoms with Crippen molar-refractivity contribution in [2.45, 2.75) is 19.9 Å². The maximum atomic E-state index is 10.7. The molecule has 0 saturated carbocycles. The summed E-state index contributed by atoms with van der Waals surface area (Å²) in [5.74, 6) is 0.864. The quantitative estimate of drug-likeness (QED) is 0.736. The molecule has 1 aromatic rings. The van der Waals surface area contributed by atoms with Gasteiger partial charge < -0.3 is 15.4 Å². The number of ether oxygens (including phenoxy) is 1. The molecule has 0 aliphatic heterocycles. The minimum Gasteiger partial charge on any atom is -0.497 e. The lowest BCUT2D eigenvalue weighted by Gasteiger charge is -2.14. The Hall–Kier alpha value is -1.55. The number of carbonyl (C=O) groups is 1. The minimum absolute atomic E-state index is 0.00361. The molecule has 0 spiro atoms. The van der Waals surface area contributed by atoms with E-state index in [0.717, 1.165) is 12.3 Å². The fourth-order valence-electron chi connectivity index (χ4n) is 1.54. The summed E-state index contributed by atoms with van der Waals surface area (Å²) in [6, 6.07) is 8.22. The lowest BCUT2D eigenvalue weighted by Crippen LogP contribution is -2.31. The highest BCUT2D eigenvalue weighted by molar-refractivity contribution is 5.72. The fraction of sp³-hybridized carbons (Fsp3) is 0.462. The predicted molar refractivity (Wildman–Crippen MR) is 68.1 cm³/mol. The van der Waals surface area contributed by atoms with E-state index >= 15 is 0 Å². The summed E-state index contributed by atoms with van der Waals surface area (Å²) in [6.07, 6.45) is 0. The largest absolute Gasteiger partial charge is 0.497 e. The number of methoxy groups -OCH3 is 1. The molecule has 94 valence electrons. The van der Waals surface area contributed by atoms with E-state index in [1.54, 1.807) is 7.11 Å². The molecule has 1 rings (SSSR count). The van der Waals surface area contributed by atoms with Gasteiger partial charge in [-0.05, 0) is 24.6 Å². The van der Waals surface area contributed by atoms with Crippen molar-refractivity contribution in [2.24, 2.45) is 0 Å². The highest BCUT2D eigenvalue weighted by Crippen LogP contribution is 2.16. The second-order valence-electron chi connectivity index (χ2n) is 3.93. The molecule has 1 aromatic carbocycles. The van der Waals surface area contributed by atoms with Crippen LogP contribution in [0.2, 0.25) is 0 Å². The maximum absolute atomic E-state index is 10.7. The van der Waals surface area contributed by atoms with Crippen LogP contribution in [0.1, 0.15) is 25.5 Å². The van der Waals surface area contributed by atoms with Crippen LogP contribution < -0.4 is 15.4 Å². The monoisotopic (exact) mass is 236 g/mol. The molecule has 4 nitrogen and oxygen atoms in total. The van der Waals surface area contributed by atoms with Gasteiger partial charge in [0.15, 0.2) is 0 Å². The number of benzene rings is 1. The maximum Gasteiger partial charge on any atom is 0.216 e. The van der Waals surface area contributed by atoms with Gasteiger partial charge in [0.2, 0.25) is 5.91 Å². The number of carbonyl (C=O) groups excluding carboxylic acids is 1. The van der Waals surface area contributed by atoms with Gasteiger partial charge >= 0.3 is 0 Å². The Balaban J connectivity index is 2.35. The fourth-order valence-corrected chi connectivity index (χ4v) is 1.54. The molecule has 1 amide bonds. The molecule has 0 heterocycles. The number of amides is 1. The van der Waals surface area contributed by atoms with Crippen LogP contribution in [0.4, 0.5) is 0 Å². The van der Waals surface area contributed by atoms with Crippen LogP contribution in [0.5, 0.6) is 5.75 Å². The first-order valence-electron chi connectivity index (χ1n) is 5.75. The van der Waals surface area contributed by atoms with E-state index in [1.165, 1.54) is 12.5 Å². The van der Waals surface area contributed by atoms with Crippen LogP contribution in [-0.2, 0) is 4.79 Å². The van der Waals surface area contributed by atoms with Crippen molar-refractivity contribution in [2.75, 3.05) is 20.2 Å². The zero-order chi connectivity index (χ0) is 12.7. The van der Waals surface area contributed by atoms with Gasteiger partial charge in [0.25, 0.3) is 0 Å². The highest BCUT2D eigenvalue weighted by atomic mass is 16.5. The standard InChI is InChI=1S/C13H20N2O2/c1-10(14-8-9-15-11(2)16)12-4-6-13(17-3)7-5-12/h4-7,10,14H,8-9H2,1-3H3,(H,15,16). The van der Waals surface area contributed by atoms with Gasteiger partial charge in [0.05, 0.1) is 7.11 Å². The van der Waals surface area contributed by atoms with Gasteiger partial charge in [0, 0.05) is 26.1 Å². The van der Waals surface area contributed by atoms with E-state index in [9.17, 15) is 4.79 Å². The van der Waals surface area contributed by atoms with E-state index < -0.39 is 0 Å². The van der Waals surface area contributed by atoms with Crippen LogP contribution in [-0.4, -0.2) is 26.1 Å². The Morgan fingerprint density at radius 3 is 2.47 bits per heavy atom. The molecule has 0 aliphatic carbocycles. The Morgan fingerprint density at radius 2 is 1.94 bits per heavy atom. The van der Waals surface area contributed by atoms with Gasteiger partial charge in [-0.15, -0.1) is 0 Å². The molecule has 0 aliphatic rings. The van der Waals surface area contributed by atoms with Gasteiger partial charge in [-0.3, -0.25) is 4.79 Å². The normalized spacial score (nSPS) is 11.9. The zero-order valence-electron chi connectivity index (χ0n) is 10.6. The number of rotatable bonds is 6. The van der Waals surface area contributed by atoms with E-state index in [4.69, 9.17) is 4.74 Å². The van der Waals surface area contributed by atoms with Gasteiger partial charge in [-0.2, -0.15) is 0 Å². The Labute approximate surface area is 102 Å². The van der Waals surface area contributed by atoms with Crippen molar-refractivity contribution < 1.29 is 9.53 Å². The topological polar surface area (TPSA) is 50.4 Å². The van der Waals surface area contributed by atoms with Crippen LogP contribution in [0.15, 0.2) is 24.3 Å². The average Bonchev–Trinajstić information content (AvgIpc) is 2.34. The van der Waals surface area contributed by atoms with Gasteiger partial charge in [0.1, 0.15) is 5.75 Å². The summed E-state index contributed by atoms with van der Waals surface area (Å²) in [6.45, 7) is 5.02. The lowest BCUT2D eigenvalue weighted by molar-refractivity contribution is -0.118. The van der Waals surface area contributed by atoms with Crippen LogP contribution in [0.25, 0.3) is 0 Å². The Morgan fingerprint density at radius 1 is 1.29 bits per heavy atom. The molecule has 2 N–H and O–H groups in total. The first-order chi connectivity index (χ1) is 8.13. The van der Waals surface area contributed by atoms with Crippen LogP contribution in [0, 0.1) is 0 Å². The third-order valence-corrected chi connectivity index (χ3v) is 2.57. The van der Waals surface area contributed by atoms with Crippen molar-refractivity contribution in [3.05, 3.63) is 29.8 Å². The molecule has 1 unspecified atom stereocenters. The first kappa shape index (κ1) is 13.5. The van der Waals surface area contributed by atoms with Crippen molar-refractivity contribution in [1.29, 1.82) is 0 Å². The van der Waals surface area contributed by atoms with E-state index in [1.807, 2.05) is 24.3 Å². The smallest absolute Gasteiger partial charge is 0.216 e. The Bertz CT molecular complexity index is 349. The third-order valence-electron chi connectivity index (χ3n) is 2.57. The molecular weight excluding hydrogens is 216 g/mol. The summed E-state index contributed by atoms with van der Waals surface area (Å²) < 4.78 is 5.11. The van der Waals surface area contributed by atoms with Crippen molar-refractivity contribution in [3.63, 3.8) is 0 Å². The summed E-state index contributed by atoms with van der Waals surface area (Å²) in [4.78, 5) is 10.7. The predicted octanol–water partition coefficient (Wildman–Crippen LogP) is 1.48. The SMILES string of the molecule is COc1ccc(C(C)NCCNC(C)=O)cc1. The molecule has 0 fully saturated rings. The molecule has 1 atom stereocenters. The summed E-state index contributed by atoms with van der Waals surface area (Å²) in [5, 5.41) is 6.09. The Kier molecular flexibility index (Phi) is 5.49. The molecule has 0 aromatic heterocycles. The van der Waals surface area contributed by atoms with Gasteiger partial charge in [-0.1, -0.05) is 12.1 Å². The average molecular weight is 236 g/mol. The van der Waals surface area contributed by atoms with Gasteiger partial charge in [-0.25, -0.2) is 0 Å². The number of nitrogens with one attached hydrogen (secondary N) is 2. The number of hydrogen-bond donors (Lipinski definition) is 2. The lowest BCUT2D eigenvalue weighted by atomic mass is 10.1. The van der Waals surface area contributed by atoms with Crippen LogP contribution in [0.3, 0.4) is 0 Å². The van der Waals surface area contributed by atoms with Crippen molar-refractivity contribution in [1.82, 2.24) is 10.6 Å². The summed E-state index contributed by atoms with van der Waals surface area (Å²) in [5.41, 5.74) is 1.20. The summed E-state index contributed by atoms with van der Waals surface area (Å²) in [7, 11) is 1.66.